The Balaban J connectivity index is 1.79. The number of aromatic hydroxyl groups is 1. The fourth-order valence-electron chi connectivity index (χ4n) is 2.15. The molecule has 6 nitrogen and oxygen atoms in total. The molecule has 22 heavy (non-hydrogen) atoms. The molecule has 1 heterocycles. The zero-order chi connectivity index (χ0) is 15.5. The molecule has 1 amide bonds. The zero-order valence-corrected chi connectivity index (χ0v) is 12.0. The molecule has 0 saturated carbocycles. The summed E-state index contributed by atoms with van der Waals surface area (Å²) < 4.78 is 15.9. The van der Waals surface area contributed by atoms with Crippen molar-refractivity contribution in [3.05, 3.63) is 42.0 Å². The van der Waals surface area contributed by atoms with E-state index in [1.165, 1.54) is 19.2 Å². The van der Waals surface area contributed by atoms with Crippen LogP contribution >= 0.6 is 0 Å². The van der Waals surface area contributed by atoms with E-state index in [1.54, 1.807) is 24.3 Å². The predicted octanol–water partition coefficient (Wildman–Crippen LogP) is 2.42. The molecular formula is C16H15NO5. The second-order valence-corrected chi connectivity index (χ2v) is 4.70. The maximum absolute atomic E-state index is 12.2. The molecule has 3 rings (SSSR count). The quantitative estimate of drug-likeness (QED) is 0.910. The molecule has 0 spiro atoms. The second kappa shape index (κ2) is 5.85. The van der Waals surface area contributed by atoms with Crippen LogP contribution < -0.4 is 19.5 Å². The van der Waals surface area contributed by atoms with Gasteiger partial charge in [0.05, 0.1) is 12.7 Å². The van der Waals surface area contributed by atoms with Crippen molar-refractivity contribution >= 4 is 11.6 Å². The summed E-state index contributed by atoms with van der Waals surface area (Å²) in [6.45, 7) is 0.988. The molecule has 2 aromatic rings. The molecule has 0 saturated heterocycles. The Labute approximate surface area is 127 Å². The Morgan fingerprint density at radius 3 is 2.64 bits per heavy atom. The van der Waals surface area contributed by atoms with E-state index >= 15 is 0 Å². The van der Waals surface area contributed by atoms with Crippen LogP contribution in [0, 0.1) is 0 Å². The fraction of sp³-hybridized carbons (Fsp3) is 0.188. The van der Waals surface area contributed by atoms with Gasteiger partial charge in [0.25, 0.3) is 5.91 Å². The van der Waals surface area contributed by atoms with Crippen molar-refractivity contribution < 1.29 is 24.1 Å². The maximum atomic E-state index is 12.2. The minimum absolute atomic E-state index is 0.144. The normalized spacial score (nSPS) is 12.6. The number of methoxy groups -OCH3 is 1. The van der Waals surface area contributed by atoms with Crippen molar-refractivity contribution in [3.63, 3.8) is 0 Å². The molecule has 6 heteroatoms. The third-order valence-electron chi connectivity index (χ3n) is 3.25. The molecule has 114 valence electrons. The minimum Gasteiger partial charge on any atom is -0.507 e. The van der Waals surface area contributed by atoms with E-state index in [4.69, 9.17) is 14.2 Å². The number of hydrogen-bond donors (Lipinski definition) is 2. The molecule has 2 N–H and O–H groups in total. The van der Waals surface area contributed by atoms with E-state index in [-0.39, 0.29) is 11.3 Å². The highest BCUT2D eigenvalue weighted by Crippen LogP contribution is 2.33. The van der Waals surface area contributed by atoms with Crippen molar-refractivity contribution in [2.45, 2.75) is 0 Å². The van der Waals surface area contributed by atoms with Crippen LogP contribution in [0.5, 0.6) is 23.0 Å². The number of rotatable bonds is 3. The summed E-state index contributed by atoms with van der Waals surface area (Å²) >= 11 is 0. The van der Waals surface area contributed by atoms with Crippen molar-refractivity contribution in [2.24, 2.45) is 0 Å². The smallest absolute Gasteiger partial charge is 0.259 e. The van der Waals surface area contributed by atoms with Crippen LogP contribution in [0.1, 0.15) is 10.4 Å². The largest absolute Gasteiger partial charge is 0.507 e. The summed E-state index contributed by atoms with van der Waals surface area (Å²) in [5.74, 6) is 1.15. The van der Waals surface area contributed by atoms with Crippen molar-refractivity contribution in [1.29, 1.82) is 0 Å². The Morgan fingerprint density at radius 2 is 1.91 bits per heavy atom. The number of nitrogens with one attached hydrogen (secondary N) is 1. The van der Waals surface area contributed by atoms with Gasteiger partial charge in [-0.05, 0) is 24.3 Å². The second-order valence-electron chi connectivity index (χ2n) is 4.70. The van der Waals surface area contributed by atoms with E-state index < -0.39 is 5.91 Å². The lowest BCUT2D eigenvalue weighted by molar-refractivity contribution is 0.102. The number of benzene rings is 2. The molecular weight excluding hydrogens is 286 g/mol. The third-order valence-corrected chi connectivity index (χ3v) is 3.25. The molecule has 0 bridgehead atoms. The first kappa shape index (κ1) is 14.1. The summed E-state index contributed by atoms with van der Waals surface area (Å²) in [7, 11) is 1.49. The SMILES string of the molecule is COc1ccc(C(=O)Nc2ccc3c(c2)OCCO3)c(O)c1. The van der Waals surface area contributed by atoms with Crippen molar-refractivity contribution in [3.8, 4) is 23.0 Å². The number of phenols is 1. The van der Waals surface area contributed by atoms with Crippen LogP contribution in [-0.2, 0) is 0 Å². The Bertz CT molecular complexity index is 714. The summed E-state index contributed by atoms with van der Waals surface area (Å²) in [6.07, 6.45) is 0. The lowest BCUT2D eigenvalue weighted by atomic mass is 10.1. The first-order valence-corrected chi connectivity index (χ1v) is 6.75. The van der Waals surface area contributed by atoms with Gasteiger partial charge in [-0.2, -0.15) is 0 Å². The van der Waals surface area contributed by atoms with Gasteiger partial charge in [0.2, 0.25) is 0 Å². The predicted molar refractivity (Wildman–Crippen MR) is 80.0 cm³/mol. The third kappa shape index (κ3) is 2.76. The zero-order valence-electron chi connectivity index (χ0n) is 12.0. The average molecular weight is 301 g/mol. The molecule has 0 aliphatic carbocycles. The van der Waals surface area contributed by atoms with Crippen LogP contribution in [0.4, 0.5) is 5.69 Å². The van der Waals surface area contributed by atoms with Crippen molar-refractivity contribution in [1.82, 2.24) is 0 Å². The minimum atomic E-state index is -0.420. The van der Waals surface area contributed by atoms with Gasteiger partial charge in [-0.25, -0.2) is 0 Å². The monoisotopic (exact) mass is 301 g/mol. The highest BCUT2D eigenvalue weighted by molar-refractivity contribution is 6.06. The van der Waals surface area contributed by atoms with Gasteiger partial charge < -0.3 is 24.6 Å². The lowest BCUT2D eigenvalue weighted by Gasteiger charge is -2.19. The number of amides is 1. The van der Waals surface area contributed by atoms with Crippen molar-refractivity contribution in [2.75, 3.05) is 25.6 Å². The molecule has 0 unspecified atom stereocenters. The number of anilines is 1. The lowest BCUT2D eigenvalue weighted by Crippen LogP contribution is -2.16. The number of ether oxygens (including phenoxy) is 3. The number of carbonyl (C=O) groups excluding carboxylic acids is 1. The van der Waals surface area contributed by atoms with Gasteiger partial charge in [-0.3, -0.25) is 4.79 Å². The standard InChI is InChI=1S/C16H15NO5/c1-20-11-3-4-12(13(18)9-11)16(19)17-10-2-5-14-15(8-10)22-7-6-21-14/h2-5,8-9,18H,6-7H2,1H3,(H,17,19). The number of carbonyl (C=O) groups is 1. The molecule has 1 aliphatic heterocycles. The number of phenolic OH excluding ortho intramolecular Hbond substituents is 1. The van der Waals surface area contributed by atoms with Gasteiger partial charge >= 0.3 is 0 Å². The maximum Gasteiger partial charge on any atom is 0.259 e. The van der Waals surface area contributed by atoms with Crippen LogP contribution in [0.15, 0.2) is 36.4 Å². The van der Waals surface area contributed by atoms with E-state index in [0.29, 0.717) is 36.1 Å². The average Bonchev–Trinajstić information content (AvgIpc) is 2.54. The van der Waals surface area contributed by atoms with E-state index in [1.807, 2.05) is 0 Å². The van der Waals surface area contributed by atoms with Gasteiger partial charge in [-0.15, -0.1) is 0 Å². The van der Waals surface area contributed by atoms with Crippen LogP contribution in [0.2, 0.25) is 0 Å². The molecule has 0 aromatic heterocycles. The topological polar surface area (TPSA) is 77.0 Å². The fourth-order valence-corrected chi connectivity index (χ4v) is 2.15. The first-order chi connectivity index (χ1) is 10.7. The van der Waals surface area contributed by atoms with Gasteiger partial charge in [-0.1, -0.05) is 0 Å². The number of hydrogen-bond acceptors (Lipinski definition) is 5. The summed E-state index contributed by atoms with van der Waals surface area (Å²) in [5, 5.41) is 12.6. The summed E-state index contributed by atoms with van der Waals surface area (Å²) in [5.41, 5.74) is 0.722. The van der Waals surface area contributed by atoms with Gasteiger partial charge in [0.1, 0.15) is 24.7 Å². The molecule has 0 atom stereocenters. The Morgan fingerprint density at radius 1 is 1.14 bits per heavy atom. The highest BCUT2D eigenvalue weighted by atomic mass is 16.6. The van der Waals surface area contributed by atoms with E-state index in [9.17, 15) is 9.90 Å². The van der Waals surface area contributed by atoms with E-state index in [2.05, 4.69) is 5.32 Å². The highest BCUT2D eigenvalue weighted by Gasteiger charge is 2.15. The van der Waals surface area contributed by atoms with Crippen LogP contribution in [-0.4, -0.2) is 31.3 Å². The number of fused-ring (bicyclic) bond motifs is 1. The Hall–Kier alpha value is -2.89. The van der Waals surface area contributed by atoms with Crippen LogP contribution in [0.3, 0.4) is 0 Å². The first-order valence-electron chi connectivity index (χ1n) is 6.75. The molecule has 1 aliphatic rings. The van der Waals surface area contributed by atoms with Crippen LogP contribution in [0.25, 0.3) is 0 Å². The molecule has 0 fully saturated rings. The van der Waals surface area contributed by atoms with Gasteiger partial charge in [0.15, 0.2) is 11.5 Å². The Kier molecular flexibility index (Phi) is 3.74. The van der Waals surface area contributed by atoms with E-state index in [0.717, 1.165) is 0 Å². The molecule has 2 aromatic carbocycles. The summed E-state index contributed by atoms with van der Waals surface area (Å²) in [4.78, 5) is 12.2. The molecule has 0 radical (unpaired) electrons. The summed E-state index contributed by atoms with van der Waals surface area (Å²) in [6, 6.07) is 9.63. The van der Waals surface area contributed by atoms with Gasteiger partial charge in [0, 0.05) is 17.8 Å².